The molecular formula is C28H36N2O4. The summed E-state index contributed by atoms with van der Waals surface area (Å²) in [6.07, 6.45) is 3.71. The predicted octanol–water partition coefficient (Wildman–Crippen LogP) is 4.38. The molecule has 0 N–H and O–H groups in total. The number of hydrogen-bond acceptors (Lipinski definition) is 4. The molecule has 6 nitrogen and oxygen atoms in total. The van der Waals surface area contributed by atoms with Crippen molar-refractivity contribution >= 4 is 11.8 Å². The molecule has 2 fully saturated rings. The van der Waals surface area contributed by atoms with E-state index < -0.39 is 0 Å². The molecule has 2 aliphatic rings. The van der Waals surface area contributed by atoms with Gasteiger partial charge in [0.1, 0.15) is 17.6 Å². The van der Waals surface area contributed by atoms with E-state index >= 15 is 0 Å². The van der Waals surface area contributed by atoms with Gasteiger partial charge in [-0.25, -0.2) is 0 Å². The first-order chi connectivity index (χ1) is 16.5. The van der Waals surface area contributed by atoms with Crippen LogP contribution in [0.2, 0.25) is 0 Å². The van der Waals surface area contributed by atoms with E-state index in [0.717, 1.165) is 55.8 Å². The summed E-state index contributed by atoms with van der Waals surface area (Å²) in [6.45, 7) is 7.29. The summed E-state index contributed by atoms with van der Waals surface area (Å²) >= 11 is 0. The summed E-state index contributed by atoms with van der Waals surface area (Å²) in [5, 5.41) is 0. The number of aryl methyl sites for hydroxylation is 2. The van der Waals surface area contributed by atoms with Crippen LogP contribution in [-0.4, -0.2) is 60.5 Å². The fraction of sp³-hybridized carbons (Fsp3) is 0.500. The number of carbonyl (C=O) groups excluding carboxylic acids is 2. The van der Waals surface area contributed by atoms with Gasteiger partial charge in [-0.15, -0.1) is 0 Å². The minimum atomic E-state index is 0.0149. The number of likely N-dealkylation sites (tertiary alicyclic amines) is 2. The third kappa shape index (κ3) is 6.31. The van der Waals surface area contributed by atoms with Crippen molar-refractivity contribution in [3.8, 4) is 11.5 Å². The second-order valence-corrected chi connectivity index (χ2v) is 9.48. The van der Waals surface area contributed by atoms with Gasteiger partial charge in [0.25, 0.3) is 0 Å². The summed E-state index contributed by atoms with van der Waals surface area (Å²) in [5.74, 6) is 2.09. The zero-order valence-electron chi connectivity index (χ0n) is 20.4. The molecule has 34 heavy (non-hydrogen) atoms. The number of nitrogens with zero attached hydrogens (tertiary/aromatic N) is 2. The van der Waals surface area contributed by atoms with Crippen LogP contribution < -0.4 is 9.47 Å². The van der Waals surface area contributed by atoms with Crippen molar-refractivity contribution in [1.82, 2.24) is 9.80 Å². The first kappa shape index (κ1) is 24.1. The Hall–Kier alpha value is -3.02. The Morgan fingerprint density at radius 2 is 1.56 bits per heavy atom. The topological polar surface area (TPSA) is 59.1 Å². The van der Waals surface area contributed by atoms with Crippen LogP contribution in [0.4, 0.5) is 0 Å². The van der Waals surface area contributed by atoms with E-state index in [1.54, 1.807) is 0 Å². The molecule has 0 atom stereocenters. The van der Waals surface area contributed by atoms with Gasteiger partial charge in [-0.05, 0) is 56.0 Å². The monoisotopic (exact) mass is 464 g/mol. The van der Waals surface area contributed by atoms with Gasteiger partial charge in [-0.1, -0.05) is 30.3 Å². The maximum Gasteiger partial charge on any atom is 0.225 e. The maximum absolute atomic E-state index is 13.1. The molecule has 2 aliphatic heterocycles. The number of rotatable bonds is 7. The molecule has 0 aliphatic carbocycles. The summed E-state index contributed by atoms with van der Waals surface area (Å²) in [6, 6.07) is 15.8. The lowest BCUT2D eigenvalue weighted by atomic mass is 9.94. The zero-order chi connectivity index (χ0) is 23.9. The summed E-state index contributed by atoms with van der Waals surface area (Å²) < 4.78 is 11.9. The molecule has 0 saturated carbocycles. The highest BCUT2D eigenvalue weighted by molar-refractivity contribution is 5.80. The van der Waals surface area contributed by atoms with Crippen LogP contribution in [0, 0.1) is 19.8 Å². The van der Waals surface area contributed by atoms with E-state index in [1.807, 2.05) is 40.1 Å². The number of hydrogen-bond donors (Lipinski definition) is 0. The lowest BCUT2D eigenvalue weighted by Crippen LogP contribution is -2.48. The van der Waals surface area contributed by atoms with Gasteiger partial charge >= 0.3 is 0 Å². The third-order valence-electron chi connectivity index (χ3n) is 6.92. The molecular weight excluding hydrogens is 428 g/mol. The maximum atomic E-state index is 13.1. The number of benzene rings is 2. The smallest absolute Gasteiger partial charge is 0.225 e. The number of para-hydroxylation sites is 1. The fourth-order valence-electron chi connectivity index (χ4n) is 4.77. The third-order valence-corrected chi connectivity index (χ3v) is 6.92. The Kier molecular flexibility index (Phi) is 8.09. The molecule has 2 amide bonds. The van der Waals surface area contributed by atoms with E-state index in [0.29, 0.717) is 26.1 Å². The summed E-state index contributed by atoms with van der Waals surface area (Å²) in [5.41, 5.74) is 2.35. The van der Waals surface area contributed by atoms with Gasteiger partial charge in [0.15, 0.2) is 0 Å². The molecule has 4 rings (SSSR count). The van der Waals surface area contributed by atoms with Gasteiger partial charge in [0.2, 0.25) is 11.8 Å². The van der Waals surface area contributed by atoms with Crippen molar-refractivity contribution in [3.05, 3.63) is 59.7 Å². The highest BCUT2D eigenvalue weighted by Gasteiger charge is 2.32. The number of piperidine rings is 2. The van der Waals surface area contributed by atoms with Crippen molar-refractivity contribution < 1.29 is 19.1 Å². The zero-order valence-corrected chi connectivity index (χ0v) is 20.4. The van der Waals surface area contributed by atoms with Crippen LogP contribution in [0.1, 0.15) is 43.2 Å². The van der Waals surface area contributed by atoms with E-state index in [9.17, 15) is 9.59 Å². The van der Waals surface area contributed by atoms with Crippen LogP contribution in [0.3, 0.4) is 0 Å². The summed E-state index contributed by atoms with van der Waals surface area (Å²) in [7, 11) is 0. The largest absolute Gasteiger partial charge is 0.493 e. The van der Waals surface area contributed by atoms with Crippen molar-refractivity contribution in [1.29, 1.82) is 0 Å². The second kappa shape index (κ2) is 11.4. The van der Waals surface area contributed by atoms with Crippen LogP contribution in [0.15, 0.2) is 48.5 Å². The van der Waals surface area contributed by atoms with Gasteiger partial charge in [0.05, 0.1) is 13.0 Å². The molecule has 0 bridgehead atoms. The Morgan fingerprint density at radius 3 is 2.26 bits per heavy atom. The van der Waals surface area contributed by atoms with E-state index in [4.69, 9.17) is 9.47 Å². The lowest BCUT2D eigenvalue weighted by molar-refractivity contribution is -0.142. The van der Waals surface area contributed by atoms with Gasteiger partial charge in [0, 0.05) is 44.9 Å². The molecule has 0 unspecified atom stereocenters. The van der Waals surface area contributed by atoms with Crippen molar-refractivity contribution in [3.63, 3.8) is 0 Å². The molecule has 6 heteroatoms. The Bertz CT molecular complexity index is 962. The van der Waals surface area contributed by atoms with Crippen molar-refractivity contribution in [2.24, 2.45) is 5.92 Å². The first-order valence-electron chi connectivity index (χ1n) is 12.5. The van der Waals surface area contributed by atoms with Gasteiger partial charge in [-0.3, -0.25) is 9.59 Å². The van der Waals surface area contributed by atoms with Gasteiger partial charge in [-0.2, -0.15) is 0 Å². The average molecular weight is 465 g/mol. The molecule has 2 aromatic carbocycles. The van der Waals surface area contributed by atoms with Crippen LogP contribution in [0.25, 0.3) is 0 Å². The van der Waals surface area contributed by atoms with Crippen molar-refractivity contribution in [2.75, 3.05) is 32.8 Å². The minimum absolute atomic E-state index is 0.0149. The number of ether oxygens (including phenoxy) is 2. The van der Waals surface area contributed by atoms with Crippen molar-refractivity contribution in [2.45, 2.75) is 52.1 Å². The SMILES string of the molecule is Cc1ccc(C)c(OC2CCN(C(=O)C3CCN(C(=O)CCOc4ccccc4)CC3)CC2)c1. The lowest BCUT2D eigenvalue weighted by Gasteiger charge is -2.37. The fourth-order valence-corrected chi connectivity index (χ4v) is 4.77. The molecule has 0 radical (unpaired) electrons. The van der Waals surface area contributed by atoms with E-state index in [2.05, 4.69) is 32.0 Å². The standard InChI is InChI=1S/C28H36N2O4/c1-21-8-9-22(2)26(20-21)34-25-12-17-30(18-13-25)28(32)23-10-15-29(16-11-23)27(31)14-19-33-24-6-4-3-5-7-24/h3-9,20,23,25H,10-19H2,1-2H3. The molecule has 182 valence electrons. The van der Waals surface area contributed by atoms with E-state index in [1.165, 1.54) is 5.56 Å². The normalized spacial score (nSPS) is 17.5. The number of carbonyl (C=O) groups is 2. The van der Waals surface area contributed by atoms with Crippen LogP contribution in [-0.2, 0) is 9.59 Å². The average Bonchev–Trinajstić information content (AvgIpc) is 2.87. The Balaban J connectivity index is 1.17. The molecule has 2 heterocycles. The molecule has 0 aromatic heterocycles. The van der Waals surface area contributed by atoms with E-state index in [-0.39, 0.29) is 23.8 Å². The Morgan fingerprint density at radius 1 is 0.882 bits per heavy atom. The molecule has 2 saturated heterocycles. The quantitative estimate of drug-likeness (QED) is 0.610. The van der Waals surface area contributed by atoms with Crippen LogP contribution >= 0.6 is 0 Å². The number of amides is 2. The first-order valence-corrected chi connectivity index (χ1v) is 12.5. The summed E-state index contributed by atoms with van der Waals surface area (Å²) in [4.78, 5) is 29.5. The molecule has 0 spiro atoms. The minimum Gasteiger partial charge on any atom is -0.493 e. The molecule has 2 aromatic rings. The van der Waals surface area contributed by atoms with Crippen LogP contribution in [0.5, 0.6) is 11.5 Å². The highest BCUT2D eigenvalue weighted by Crippen LogP contribution is 2.26. The Labute approximate surface area is 202 Å². The predicted molar refractivity (Wildman–Crippen MR) is 132 cm³/mol. The van der Waals surface area contributed by atoms with Gasteiger partial charge < -0.3 is 19.3 Å². The highest BCUT2D eigenvalue weighted by atomic mass is 16.5. The second-order valence-electron chi connectivity index (χ2n) is 9.48.